The van der Waals surface area contributed by atoms with Crippen molar-refractivity contribution >= 4 is 0 Å². The SMILES string of the molecule is CCCNC1C(N2CCN(CC)CC2)CCCC1(C)C. The predicted molar refractivity (Wildman–Crippen MR) is 87.2 cm³/mol. The molecule has 20 heavy (non-hydrogen) atoms. The van der Waals surface area contributed by atoms with Crippen LogP contribution in [0.3, 0.4) is 0 Å². The minimum atomic E-state index is 0.444. The molecule has 2 aliphatic rings. The number of hydrogen-bond acceptors (Lipinski definition) is 3. The van der Waals surface area contributed by atoms with E-state index in [4.69, 9.17) is 0 Å². The van der Waals surface area contributed by atoms with Crippen LogP contribution in [-0.2, 0) is 0 Å². The van der Waals surface area contributed by atoms with Gasteiger partial charge in [0.1, 0.15) is 0 Å². The van der Waals surface area contributed by atoms with Gasteiger partial charge in [0.2, 0.25) is 0 Å². The first-order chi connectivity index (χ1) is 9.58. The van der Waals surface area contributed by atoms with Crippen molar-refractivity contribution in [2.45, 2.75) is 65.5 Å². The Labute approximate surface area is 126 Å². The summed E-state index contributed by atoms with van der Waals surface area (Å²) in [5.41, 5.74) is 0.444. The summed E-state index contributed by atoms with van der Waals surface area (Å²) in [4.78, 5) is 5.36. The Balaban J connectivity index is 1.99. The maximum Gasteiger partial charge on any atom is 0.0274 e. The van der Waals surface area contributed by atoms with Gasteiger partial charge in [0.25, 0.3) is 0 Å². The molecule has 2 atom stereocenters. The molecule has 2 fully saturated rings. The van der Waals surface area contributed by atoms with Crippen LogP contribution in [0.2, 0.25) is 0 Å². The highest BCUT2D eigenvalue weighted by Gasteiger charge is 2.41. The first-order valence-electron chi connectivity index (χ1n) is 8.78. The number of nitrogens with zero attached hydrogens (tertiary/aromatic N) is 2. The van der Waals surface area contributed by atoms with Crippen LogP contribution in [0.25, 0.3) is 0 Å². The van der Waals surface area contributed by atoms with E-state index in [9.17, 15) is 0 Å². The second-order valence-electron chi connectivity index (χ2n) is 7.35. The van der Waals surface area contributed by atoms with Crippen LogP contribution in [-0.4, -0.2) is 61.2 Å². The van der Waals surface area contributed by atoms with Crippen molar-refractivity contribution in [2.24, 2.45) is 5.41 Å². The molecule has 0 amide bonds. The third-order valence-electron chi connectivity index (χ3n) is 5.49. The maximum atomic E-state index is 3.88. The second kappa shape index (κ2) is 7.24. The molecule has 1 N–H and O–H groups in total. The van der Waals surface area contributed by atoms with E-state index in [-0.39, 0.29) is 0 Å². The summed E-state index contributed by atoms with van der Waals surface area (Å²) in [5.74, 6) is 0. The molecule has 1 saturated carbocycles. The Morgan fingerprint density at radius 2 is 1.80 bits per heavy atom. The fraction of sp³-hybridized carbons (Fsp3) is 1.00. The van der Waals surface area contributed by atoms with Gasteiger partial charge in [0.15, 0.2) is 0 Å². The van der Waals surface area contributed by atoms with Crippen LogP contribution in [0.15, 0.2) is 0 Å². The lowest BCUT2D eigenvalue weighted by Crippen LogP contribution is -2.62. The standard InChI is InChI=1S/C17H35N3/c1-5-10-18-16-15(8-7-9-17(16,3)4)20-13-11-19(6-2)12-14-20/h15-16,18H,5-14H2,1-4H3. The molecule has 2 unspecified atom stereocenters. The zero-order chi connectivity index (χ0) is 14.6. The van der Waals surface area contributed by atoms with Crippen LogP contribution in [0, 0.1) is 5.41 Å². The molecule has 0 aromatic rings. The average molecular weight is 281 g/mol. The molecule has 1 saturated heterocycles. The van der Waals surface area contributed by atoms with Gasteiger partial charge >= 0.3 is 0 Å². The topological polar surface area (TPSA) is 18.5 Å². The third kappa shape index (κ3) is 3.75. The fourth-order valence-electron chi connectivity index (χ4n) is 4.13. The van der Waals surface area contributed by atoms with E-state index in [0.29, 0.717) is 11.5 Å². The molecule has 0 radical (unpaired) electrons. The summed E-state index contributed by atoms with van der Waals surface area (Å²) < 4.78 is 0. The van der Waals surface area contributed by atoms with E-state index in [1.54, 1.807) is 0 Å². The predicted octanol–water partition coefficient (Wildman–Crippen LogP) is 2.57. The van der Waals surface area contributed by atoms with Gasteiger partial charge in [0, 0.05) is 38.3 Å². The summed E-state index contributed by atoms with van der Waals surface area (Å²) in [6, 6.07) is 1.42. The van der Waals surface area contributed by atoms with Crippen molar-refractivity contribution in [1.29, 1.82) is 0 Å². The third-order valence-corrected chi connectivity index (χ3v) is 5.49. The smallest absolute Gasteiger partial charge is 0.0274 e. The zero-order valence-corrected chi connectivity index (χ0v) is 14.1. The fourth-order valence-corrected chi connectivity index (χ4v) is 4.13. The van der Waals surface area contributed by atoms with Crippen molar-refractivity contribution in [3.8, 4) is 0 Å². The molecule has 0 aromatic carbocycles. The molecular formula is C17H35N3. The van der Waals surface area contributed by atoms with E-state index in [0.717, 1.165) is 6.04 Å². The normalized spacial score (nSPS) is 32.4. The van der Waals surface area contributed by atoms with Crippen LogP contribution in [0.1, 0.15) is 53.4 Å². The lowest BCUT2D eigenvalue weighted by Gasteiger charge is -2.50. The quantitative estimate of drug-likeness (QED) is 0.835. The van der Waals surface area contributed by atoms with Crippen LogP contribution in [0.4, 0.5) is 0 Å². The minimum Gasteiger partial charge on any atom is -0.312 e. The number of hydrogen-bond donors (Lipinski definition) is 1. The highest BCUT2D eigenvalue weighted by atomic mass is 15.3. The lowest BCUT2D eigenvalue weighted by atomic mass is 9.70. The second-order valence-corrected chi connectivity index (χ2v) is 7.35. The molecule has 1 aliphatic heterocycles. The van der Waals surface area contributed by atoms with Gasteiger partial charge in [-0.25, -0.2) is 0 Å². The van der Waals surface area contributed by atoms with Gasteiger partial charge in [-0.3, -0.25) is 4.90 Å². The molecule has 2 rings (SSSR count). The summed E-state index contributed by atoms with van der Waals surface area (Å²) in [6.07, 6.45) is 5.40. The number of rotatable bonds is 5. The van der Waals surface area contributed by atoms with Crippen molar-refractivity contribution in [3.63, 3.8) is 0 Å². The van der Waals surface area contributed by atoms with Gasteiger partial charge in [0.05, 0.1) is 0 Å². The van der Waals surface area contributed by atoms with E-state index in [1.807, 2.05) is 0 Å². The Bertz CT molecular complexity index is 282. The number of nitrogens with one attached hydrogen (secondary N) is 1. The molecule has 1 heterocycles. The molecule has 0 aromatic heterocycles. The Morgan fingerprint density at radius 3 is 2.40 bits per heavy atom. The van der Waals surface area contributed by atoms with Crippen LogP contribution in [0.5, 0.6) is 0 Å². The van der Waals surface area contributed by atoms with Crippen molar-refractivity contribution in [3.05, 3.63) is 0 Å². The first kappa shape index (κ1) is 16.3. The highest BCUT2D eigenvalue weighted by Crippen LogP contribution is 2.38. The van der Waals surface area contributed by atoms with E-state index >= 15 is 0 Å². The van der Waals surface area contributed by atoms with Crippen LogP contribution < -0.4 is 5.32 Å². The van der Waals surface area contributed by atoms with E-state index in [1.165, 1.54) is 65.0 Å². The Kier molecular flexibility index (Phi) is 5.88. The van der Waals surface area contributed by atoms with Gasteiger partial charge in [-0.15, -0.1) is 0 Å². The minimum absolute atomic E-state index is 0.444. The molecule has 3 heteroatoms. The highest BCUT2D eigenvalue weighted by molar-refractivity contribution is 4.99. The zero-order valence-electron chi connectivity index (χ0n) is 14.1. The maximum absolute atomic E-state index is 3.88. The largest absolute Gasteiger partial charge is 0.312 e. The summed E-state index contributed by atoms with van der Waals surface area (Å²) >= 11 is 0. The van der Waals surface area contributed by atoms with Crippen LogP contribution >= 0.6 is 0 Å². The molecule has 0 spiro atoms. The Morgan fingerprint density at radius 1 is 1.10 bits per heavy atom. The monoisotopic (exact) mass is 281 g/mol. The molecule has 3 nitrogen and oxygen atoms in total. The van der Waals surface area contributed by atoms with E-state index in [2.05, 4.69) is 42.8 Å². The summed E-state index contributed by atoms with van der Waals surface area (Å²) in [5, 5.41) is 3.88. The van der Waals surface area contributed by atoms with Gasteiger partial charge in [-0.05, 0) is 37.8 Å². The summed E-state index contributed by atoms with van der Waals surface area (Å²) in [7, 11) is 0. The summed E-state index contributed by atoms with van der Waals surface area (Å²) in [6.45, 7) is 16.9. The van der Waals surface area contributed by atoms with Gasteiger partial charge in [-0.1, -0.05) is 34.1 Å². The molecule has 1 aliphatic carbocycles. The van der Waals surface area contributed by atoms with Gasteiger partial charge in [-0.2, -0.15) is 0 Å². The molecular weight excluding hydrogens is 246 g/mol. The lowest BCUT2D eigenvalue weighted by molar-refractivity contribution is 0.0194. The van der Waals surface area contributed by atoms with E-state index < -0.39 is 0 Å². The van der Waals surface area contributed by atoms with Gasteiger partial charge < -0.3 is 10.2 Å². The van der Waals surface area contributed by atoms with Crippen molar-refractivity contribution in [1.82, 2.24) is 15.1 Å². The molecule has 118 valence electrons. The number of piperazine rings is 1. The number of likely N-dealkylation sites (N-methyl/N-ethyl adjacent to an activating group) is 1. The Hall–Kier alpha value is -0.120. The first-order valence-corrected chi connectivity index (χ1v) is 8.78. The molecule has 0 bridgehead atoms. The average Bonchev–Trinajstić information content (AvgIpc) is 2.45. The van der Waals surface area contributed by atoms with Crippen molar-refractivity contribution in [2.75, 3.05) is 39.3 Å². The van der Waals surface area contributed by atoms with Crippen molar-refractivity contribution < 1.29 is 0 Å².